The van der Waals surface area contributed by atoms with Gasteiger partial charge in [0.25, 0.3) is 5.91 Å². The Morgan fingerprint density at radius 3 is 2.30 bits per heavy atom. The topological polar surface area (TPSA) is 62.4 Å². The Labute approximate surface area is 185 Å². The largest absolute Gasteiger partial charge is 0.484 e. The lowest BCUT2D eigenvalue weighted by Crippen LogP contribution is -2.56. The van der Waals surface area contributed by atoms with Crippen LogP contribution in [0.15, 0.2) is 59.1 Å². The number of halogens is 4. The van der Waals surface area contributed by atoms with Gasteiger partial charge >= 0.3 is 0 Å². The second kappa shape index (κ2) is 10.3. The maximum absolute atomic E-state index is 12.1. The molecular weight excluding hydrogens is 497 g/mol. The molecule has 10 heteroatoms. The van der Waals surface area contributed by atoms with Crippen LogP contribution in [0.2, 0.25) is 0 Å². The van der Waals surface area contributed by atoms with E-state index in [0.29, 0.717) is 5.75 Å². The molecule has 0 heterocycles. The number of carbonyl (C=O) groups excluding carboxylic acids is 1. The molecule has 0 aliphatic heterocycles. The van der Waals surface area contributed by atoms with E-state index < -0.39 is 15.9 Å². The van der Waals surface area contributed by atoms with E-state index in [1.165, 1.54) is 0 Å². The van der Waals surface area contributed by atoms with Crippen molar-refractivity contribution in [1.29, 1.82) is 0 Å². The first-order valence-electron chi connectivity index (χ1n) is 7.61. The number of ether oxygens (including phenoxy) is 1. The van der Waals surface area contributed by atoms with Gasteiger partial charge in [-0.25, -0.2) is 0 Å². The third-order valence-electron chi connectivity index (χ3n) is 3.12. The van der Waals surface area contributed by atoms with Crippen LogP contribution in [0.4, 0.5) is 5.69 Å². The molecule has 0 bridgehead atoms. The number of alkyl halides is 3. The summed E-state index contributed by atoms with van der Waals surface area (Å²) in [6.45, 7) is -0.240. The number of hydrogen-bond donors (Lipinski definition) is 3. The summed E-state index contributed by atoms with van der Waals surface area (Å²) in [5, 5.41) is 8.44. The number of benzene rings is 2. The average molecular weight is 512 g/mol. The lowest BCUT2D eigenvalue weighted by Gasteiger charge is -2.27. The molecule has 0 saturated heterocycles. The zero-order valence-electron chi connectivity index (χ0n) is 13.7. The normalized spacial score (nSPS) is 12.0. The Morgan fingerprint density at radius 2 is 1.70 bits per heavy atom. The van der Waals surface area contributed by atoms with Gasteiger partial charge in [0.2, 0.25) is 3.79 Å². The summed E-state index contributed by atoms with van der Waals surface area (Å²) >= 11 is 26.4. The monoisotopic (exact) mass is 509 g/mol. The molecule has 5 nitrogen and oxygen atoms in total. The van der Waals surface area contributed by atoms with E-state index in [1.807, 2.05) is 30.3 Å². The minimum atomic E-state index is -1.84. The van der Waals surface area contributed by atoms with E-state index in [0.717, 1.165) is 10.2 Å². The fourth-order valence-electron chi connectivity index (χ4n) is 1.90. The van der Waals surface area contributed by atoms with Gasteiger partial charge in [0, 0.05) is 10.2 Å². The highest BCUT2D eigenvalue weighted by Crippen LogP contribution is 2.29. The molecule has 0 aliphatic rings. The summed E-state index contributed by atoms with van der Waals surface area (Å²) in [4.78, 5) is 12.1. The summed E-state index contributed by atoms with van der Waals surface area (Å²) in [7, 11) is 0. The van der Waals surface area contributed by atoms with Gasteiger partial charge in [0.05, 0.1) is 0 Å². The predicted molar refractivity (Wildman–Crippen MR) is 118 cm³/mol. The van der Waals surface area contributed by atoms with Crippen molar-refractivity contribution in [3.63, 3.8) is 0 Å². The third kappa shape index (κ3) is 8.11. The molecule has 0 aromatic heterocycles. The lowest BCUT2D eigenvalue weighted by atomic mass is 10.3. The highest BCUT2D eigenvalue weighted by molar-refractivity contribution is 9.10. The highest BCUT2D eigenvalue weighted by Gasteiger charge is 2.34. The Balaban J connectivity index is 1.91. The van der Waals surface area contributed by atoms with Gasteiger partial charge < -0.3 is 20.7 Å². The van der Waals surface area contributed by atoms with Gasteiger partial charge in [0.1, 0.15) is 11.9 Å². The number of para-hydroxylation sites is 1. The van der Waals surface area contributed by atoms with E-state index in [4.69, 9.17) is 51.8 Å². The van der Waals surface area contributed by atoms with E-state index >= 15 is 0 Å². The second-order valence-electron chi connectivity index (χ2n) is 5.25. The molecule has 1 atom stereocenters. The number of carbonyl (C=O) groups is 1. The van der Waals surface area contributed by atoms with Crippen LogP contribution in [0.3, 0.4) is 0 Å². The predicted octanol–water partition coefficient (Wildman–Crippen LogP) is 4.63. The first-order chi connectivity index (χ1) is 12.7. The van der Waals surface area contributed by atoms with Gasteiger partial charge in [-0.15, -0.1) is 0 Å². The van der Waals surface area contributed by atoms with Crippen molar-refractivity contribution in [3.05, 3.63) is 59.1 Å². The van der Waals surface area contributed by atoms with Gasteiger partial charge in [-0.2, -0.15) is 0 Å². The van der Waals surface area contributed by atoms with Crippen LogP contribution in [0, 0.1) is 0 Å². The van der Waals surface area contributed by atoms with E-state index in [9.17, 15) is 4.79 Å². The van der Waals surface area contributed by atoms with Crippen molar-refractivity contribution in [2.24, 2.45) is 0 Å². The lowest BCUT2D eigenvalue weighted by molar-refractivity contribution is -0.123. The molecule has 0 fully saturated rings. The van der Waals surface area contributed by atoms with Gasteiger partial charge in [-0.1, -0.05) is 68.9 Å². The second-order valence-corrected chi connectivity index (χ2v) is 8.94. The zero-order chi connectivity index (χ0) is 19.9. The number of thiocarbonyl (C=S) groups is 1. The summed E-state index contributed by atoms with van der Waals surface area (Å²) in [5.74, 6) is 0.0765. The first-order valence-corrected chi connectivity index (χ1v) is 9.94. The Hall–Kier alpha value is -1.25. The molecule has 0 saturated carbocycles. The van der Waals surface area contributed by atoms with Crippen LogP contribution in [0.25, 0.3) is 0 Å². The summed E-state index contributed by atoms with van der Waals surface area (Å²) in [5.41, 5.74) is 0.734. The minimum absolute atomic E-state index is 0.179. The van der Waals surface area contributed by atoms with E-state index in [2.05, 4.69) is 31.9 Å². The molecule has 2 rings (SSSR count). The number of anilines is 1. The smallest absolute Gasteiger partial charge is 0.259 e. The third-order valence-corrected chi connectivity index (χ3v) is 4.53. The van der Waals surface area contributed by atoms with E-state index in [1.54, 1.807) is 24.3 Å². The molecule has 0 spiro atoms. The Kier molecular flexibility index (Phi) is 8.44. The van der Waals surface area contributed by atoms with Crippen molar-refractivity contribution < 1.29 is 9.53 Å². The molecule has 3 N–H and O–H groups in total. The molecule has 0 aliphatic carbocycles. The van der Waals surface area contributed by atoms with Crippen molar-refractivity contribution in [2.75, 3.05) is 11.9 Å². The van der Waals surface area contributed by atoms with Crippen molar-refractivity contribution in [2.45, 2.75) is 9.96 Å². The van der Waals surface area contributed by atoms with E-state index in [-0.39, 0.29) is 11.7 Å². The fraction of sp³-hybridized carbons (Fsp3) is 0.176. The number of nitrogens with one attached hydrogen (secondary N) is 3. The molecule has 1 unspecified atom stereocenters. The van der Waals surface area contributed by atoms with Crippen molar-refractivity contribution in [3.8, 4) is 5.75 Å². The molecule has 0 radical (unpaired) electrons. The van der Waals surface area contributed by atoms with Crippen molar-refractivity contribution in [1.82, 2.24) is 10.6 Å². The van der Waals surface area contributed by atoms with Crippen LogP contribution >= 0.6 is 63.0 Å². The molecule has 1 amide bonds. The fourth-order valence-corrected chi connectivity index (χ4v) is 2.73. The standard InChI is InChI=1S/C17H15BrCl3N3O2S/c18-11-6-8-12(9-7-11)22-16(27)24-15(17(19,20)21)23-14(25)10-26-13-4-2-1-3-5-13/h1-9,15H,10H2,(H,23,25)(H2,22,24,27). The maximum Gasteiger partial charge on any atom is 0.259 e. The number of rotatable bonds is 6. The van der Waals surface area contributed by atoms with Crippen molar-refractivity contribution >= 4 is 79.7 Å². The summed E-state index contributed by atoms with van der Waals surface area (Å²) in [6.07, 6.45) is -1.06. The van der Waals surface area contributed by atoms with Crippen LogP contribution in [0.1, 0.15) is 0 Å². The van der Waals surface area contributed by atoms with Crippen LogP contribution < -0.4 is 20.7 Å². The quantitative estimate of drug-likeness (QED) is 0.300. The number of amides is 1. The first kappa shape index (κ1) is 22.0. The Morgan fingerprint density at radius 1 is 1.07 bits per heavy atom. The van der Waals surface area contributed by atoms with Crippen LogP contribution in [-0.2, 0) is 4.79 Å². The van der Waals surface area contributed by atoms with Gasteiger partial charge in [0.15, 0.2) is 11.7 Å². The summed E-state index contributed by atoms with van der Waals surface area (Å²) < 4.78 is 4.46. The van der Waals surface area contributed by atoms with Crippen LogP contribution in [-0.4, -0.2) is 27.6 Å². The molecular formula is C17H15BrCl3N3O2S. The molecule has 27 heavy (non-hydrogen) atoms. The minimum Gasteiger partial charge on any atom is -0.484 e. The zero-order valence-corrected chi connectivity index (χ0v) is 18.4. The Bertz CT molecular complexity index is 773. The number of hydrogen-bond acceptors (Lipinski definition) is 3. The maximum atomic E-state index is 12.1. The molecule has 144 valence electrons. The van der Waals surface area contributed by atoms with Crippen LogP contribution in [0.5, 0.6) is 5.75 Å². The molecule has 2 aromatic carbocycles. The molecule has 2 aromatic rings. The van der Waals surface area contributed by atoms with Gasteiger partial charge in [-0.05, 0) is 48.6 Å². The average Bonchev–Trinajstić information content (AvgIpc) is 2.61. The SMILES string of the molecule is O=C(COc1ccccc1)NC(NC(=S)Nc1ccc(Br)cc1)C(Cl)(Cl)Cl. The highest BCUT2D eigenvalue weighted by atomic mass is 79.9. The van der Waals surface area contributed by atoms with Gasteiger partial charge in [-0.3, -0.25) is 4.79 Å². The summed E-state index contributed by atoms with van der Waals surface area (Å²) in [6, 6.07) is 16.2.